The van der Waals surface area contributed by atoms with Gasteiger partial charge < -0.3 is 14.4 Å². The number of phenolic OH excluding ortho intramolecular Hbond substituents is 1. The summed E-state index contributed by atoms with van der Waals surface area (Å²) in [6.07, 6.45) is 0. The highest BCUT2D eigenvalue weighted by molar-refractivity contribution is 5.95. The molecule has 0 spiro atoms. The third-order valence-corrected chi connectivity index (χ3v) is 4.95. The highest BCUT2D eigenvalue weighted by Gasteiger charge is 2.18. The molecule has 3 N–H and O–H groups in total. The lowest BCUT2D eigenvalue weighted by Gasteiger charge is -2.21. The van der Waals surface area contributed by atoms with Crippen LogP contribution in [0.4, 0.5) is 11.5 Å². The quantitative estimate of drug-likeness (QED) is 0.322. The van der Waals surface area contributed by atoms with E-state index in [1.54, 1.807) is 6.07 Å². The zero-order valence-electron chi connectivity index (χ0n) is 17.0. The molecule has 2 heterocycles. The molecule has 9 nitrogen and oxygen atoms in total. The summed E-state index contributed by atoms with van der Waals surface area (Å²) in [4.78, 5) is 34.2. The number of aromatic hydroxyl groups is 1. The van der Waals surface area contributed by atoms with Gasteiger partial charge in [0.2, 0.25) is 5.89 Å². The molecule has 0 bridgehead atoms. The topological polar surface area (TPSA) is 121 Å². The van der Waals surface area contributed by atoms with Gasteiger partial charge in [-0.25, -0.2) is 4.79 Å². The Hall–Kier alpha value is -4.14. The Morgan fingerprint density at radius 2 is 1.81 bits per heavy atom. The van der Waals surface area contributed by atoms with E-state index in [0.29, 0.717) is 16.7 Å². The number of benzene rings is 2. The van der Waals surface area contributed by atoms with Gasteiger partial charge in [0.05, 0.1) is 5.56 Å². The number of rotatable bonds is 6. The van der Waals surface area contributed by atoms with E-state index in [1.165, 1.54) is 24.3 Å². The van der Waals surface area contributed by atoms with Crippen LogP contribution in [-0.2, 0) is 0 Å². The fourth-order valence-electron chi connectivity index (χ4n) is 3.31. The summed E-state index contributed by atoms with van der Waals surface area (Å²) in [6, 6.07) is 13.4. The molecule has 9 heteroatoms. The number of hydrazine groups is 1. The summed E-state index contributed by atoms with van der Waals surface area (Å²) in [7, 11) is 0. The van der Waals surface area contributed by atoms with Crippen LogP contribution in [0, 0.1) is 0 Å². The first-order valence-electron chi connectivity index (χ1n) is 9.84. The number of amides is 1. The zero-order chi connectivity index (χ0) is 22.0. The van der Waals surface area contributed by atoms with Crippen LogP contribution in [0.5, 0.6) is 5.75 Å². The third kappa shape index (κ3) is 4.11. The van der Waals surface area contributed by atoms with Crippen molar-refractivity contribution >= 4 is 28.4 Å². The van der Waals surface area contributed by atoms with E-state index in [1.807, 2.05) is 18.2 Å². The van der Waals surface area contributed by atoms with Crippen LogP contribution in [0.2, 0.25) is 0 Å². The summed E-state index contributed by atoms with van der Waals surface area (Å²) in [5.41, 5.74) is 6.81. The molecule has 4 rings (SSSR count). The smallest absolute Gasteiger partial charge is 0.372 e. The molecule has 0 radical (unpaired) electrons. The molecule has 0 aromatic heterocycles. The van der Waals surface area contributed by atoms with Crippen molar-refractivity contribution in [3.8, 4) is 17.2 Å². The molecular formula is C22H21N5O4. The average Bonchev–Trinajstić information content (AvgIpc) is 2.77. The van der Waals surface area contributed by atoms with Crippen LogP contribution in [-0.4, -0.2) is 34.1 Å². The summed E-state index contributed by atoms with van der Waals surface area (Å²) in [5, 5.41) is 10.1. The monoisotopic (exact) mass is 419 g/mol. The van der Waals surface area contributed by atoms with Crippen molar-refractivity contribution < 1.29 is 14.3 Å². The van der Waals surface area contributed by atoms with Crippen LogP contribution < -0.4 is 21.4 Å². The van der Waals surface area contributed by atoms with E-state index in [2.05, 4.69) is 39.6 Å². The summed E-state index contributed by atoms with van der Waals surface area (Å²) in [5.74, 6) is -0.160. The zero-order valence-corrected chi connectivity index (χ0v) is 17.0. The maximum absolute atomic E-state index is 12.3. The van der Waals surface area contributed by atoms with Crippen molar-refractivity contribution in [3.63, 3.8) is 0 Å². The standard InChI is InChI=1S/C22H21N5O4/c1-3-27(4-2)15-8-5-14-11-17-19(23-22(30)24-21(17)31-18(14)12-15)25-26-20(29)13-6-9-16(28)10-7-13/h5-12,28H,3-4H2,1-2H3,(H,26,29)(H,23,25,30). The number of hydrogen-bond donors (Lipinski definition) is 3. The van der Waals surface area contributed by atoms with Crippen molar-refractivity contribution in [1.82, 2.24) is 15.4 Å². The Morgan fingerprint density at radius 3 is 2.52 bits per heavy atom. The van der Waals surface area contributed by atoms with Gasteiger partial charge in [0.1, 0.15) is 11.3 Å². The van der Waals surface area contributed by atoms with Crippen molar-refractivity contribution in [2.45, 2.75) is 13.8 Å². The van der Waals surface area contributed by atoms with E-state index in [4.69, 9.17) is 4.42 Å². The number of carbonyl (C=O) groups is 1. The average molecular weight is 419 g/mol. The molecule has 2 aromatic rings. The maximum Gasteiger partial charge on any atom is 0.372 e. The third-order valence-electron chi connectivity index (χ3n) is 4.95. The van der Waals surface area contributed by atoms with Gasteiger partial charge in [0, 0.05) is 35.8 Å². The van der Waals surface area contributed by atoms with Gasteiger partial charge >= 0.3 is 5.69 Å². The SMILES string of the molecule is CCN(CC)c1ccc2cc3c(NNC(=O)c4ccc(O)cc4)nc(=O)nc-3oc2c1. The molecule has 0 fully saturated rings. The van der Waals surface area contributed by atoms with Crippen LogP contribution in [0.25, 0.3) is 22.4 Å². The summed E-state index contributed by atoms with van der Waals surface area (Å²) >= 11 is 0. The number of aromatic nitrogens is 2. The fraction of sp³-hybridized carbons (Fsp3) is 0.182. The first-order chi connectivity index (χ1) is 15.0. The van der Waals surface area contributed by atoms with E-state index < -0.39 is 11.6 Å². The molecule has 31 heavy (non-hydrogen) atoms. The Morgan fingerprint density at radius 1 is 1.06 bits per heavy atom. The largest absolute Gasteiger partial charge is 0.508 e. The van der Waals surface area contributed by atoms with Crippen molar-refractivity contribution in [2.24, 2.45) is 0 Å². The minimum atomic E-state index is -0.739. The summed E-state index contributed by atoms with van der Waals surface area (Å²) in [6.45, 7) is 5.87. The molecular weight excluding hydrogens is 398 g/mol. The molecule has 2 aliphatic rings. The van der Waals surface area contributed by atoms with Gasteiger partial charge in [-0.2, -0.15) is 9.97 Å². The number of nitrogens with zero attached hydrogens (tertiary/aromatic N) is 3. The van der Waals surface area contributed by atoms with E-state index in [0.717, 1.165) is 24.2 Å². The number of hydrogen-bond acceptors (Lipinski definition) is 8. The van der Waals surface area contributed by atoms with Crippen LogP contribution in [0.1, 0.15) is 24.2 Å². The first kappa shape index (κ1) is 20.1. The van der Waals surface area contributed by atoms with Gasteiger partial charge in [-0.3, -0.25) is 15.6 Å². The predicted molar refractivity (Wildman–Crippen MR) is 117 cm³/mol. The Labute approximate surface area is 177 Å². The lowest BCUT2D eigenvalue weighted by molar-refractivity contribution is 0.0962. The highest BCUT2D eigenvalue weighted by atomic mass is 16.3. The molecule has 0 aliphatic carbocycles. The van der Waals surface area contributed by atoms with Crippen LogP contribution in [0.15, 0.2) is 57.7 Å². The molecule has 158 valence electrons. The van der Waals surface area contributed by atoms with E-state index in [-0.39, 0.29) is 17.5 Å². The second-order valence-corrected chi connectivity index (χ2v) is 6.84. The van der Waals surface area contributed by atoms with E-state index >= 15 is 0 Å². The first-order valence-corrected chi connectivity index (χ1v) is 9.84. The van der Waals surface area contributed by atoms with Gasteiger partial charge in [-0.15, -0.1) is 0 Å². The van der Waals surface area contributed by atoms with Gasteiger partial charge in [0.15, 0.2) is 5.82 Å². The number of phenols is 1. The van der Waals surface area contributed by atoms with Gasteiger partial charge in [0.25, 0.3) is 5.91 Å². The van der Waals surface area contributed by atoms with E-state index in [9.17, 15) is 14.7 Å². The molecule has 0 saturated carbocycles. The number of carbonyl (C=O) groups excluding carboxylic acids is 1. The number of fused-ring (bicyclic) bond motifs is 2. The molecule has 2 aromatic carbocycles. The molecule has 2 aliphatic heterocycles. The fourth-order valence-corrected chi connectivity index (χ4v) is 3.31. The molecule has 0 atom stereocenters. The lowest BCUT2D eigenvalue weighted by Crippen LogP contribution is -2.31. The molecule has 1 amide bonds. The van der Waals surface area contributed by atoms with Crippen molar-refractivity contribution in [1.29, 1.82) is 0 Å². The van der Waals surface area contributed by atoms with Crippen LogP contribution >= 0.6 is 0 Å². The second-order valence-electron chi connectivity index (χ2n) is 6.84. The Balaban J connectivity index is 1.67. The molecule has 0 unspecified atom stereocenters. The Bertz CT molecular complexity index is 1270. The summed E-state index contributed by atoms with van der Waals surface area (Å²) < 4.78 is 5.89. The number of anilines is 2. The van der Waals surface area contributed by atoms with Crippen molar-refractivity contribution in [2.75, 3.05) is 23.4 Å². The second kappa shape index (κ2) is 8.31. The highest BCUT2D eigenvalue weighted by Crippen LogP contribution is 2.32. The lowest BCUT2D eigenvalue weighted by atomic mass is 10.1. The molecule has 0 saturated heterocycles. The minimum Gasteiger partial charge on any atom is -0.508 e. The predicted octanol–water partition coefficient (Wildman–Crippen LogP) is 3.00. The van der Waals surface area contributed by atoms with Crippen molar-refractivity contribution in [3.05, 3.63) is 64.6 Å². The number of nitrogens with one attached hydrogen (secondary N) is 2. The minimum absolute atomic E-state index is 0.0555. The normalized spacial score (nSPS) is 10.9. The Kier molecular flexibility index (Phi) is 5.40. The van der Waals surface area contributed by atoms with Gasteiger partial charge in [-0.05, 0) is 56.3 Å². The van der Waals surface area contributed by atoms with Crippen LogP contribution in [0.3, 0.4) is 0 Å². The maximum atomic E-state index is 12.3. The van der Waals surface area contributed by atoms with Gasteiger partial charge in [-0.1, -0.05) is 0 Å².